The van der Waals surface area contributed by atoms with E-state index in [4.69, 9.17) is 4.42 Å². The highest BCUT2D eigenvalue weighted by Crippen LogP contribution is 2.28. The third kappa shape index (κ3) is 2.87. The fourth-order valence-electron chi connectivity index (χ4n) is 3.06. The van der Waals surface area contributed by atoms with E-state index in [2.05, 4.69) is 5.32 Å². The molecule has 1 N–H and O–H groups in total. The number of halogens is 1. The first-order valence-electron chi connectivity index (χ1n) is 8.06. The molecular weight excluding hydrogens is 317 g/mol. The summed E-state index contributed by atoms with van der Waals surface area (Å²) >= 11 is 0. The maximum Gasteiger partial charge on any atom is 0.336 e. The molecule has 0 amide bonds. The molecule has 124 valence electrons. The Morgan fingerprint density at radius 1 is 1.04 bits per heavy atom. The van der Waals surface area contributed by atoms with E-state index in [1.165, 1.54) is 12.1 Å². The number of nitrogens with one attached hydrogen (secondary N) is 1. The van der Waals surface area contributed by atoms with Crippen LogP contribution in [0.4, 0.5) is 10.1 Å². The molecule has 0 bridgehead atoms. The molecule has 25 heavy (non-hydrogen) atoms. The summed E-state index contributed by atoms with van der Waals surface area (Å²) in [5, 5.41) is 6.19. The molecular formula is C21H16FNO2. The van der Waals surface area contributed by atoms with Crippen LogP contribution in [0.25, 0.3) is 21.7 Å². The first-order valence-corrected chi connectivity index (χ1v) is 8.06. The Balaban J connectivity index is 1.81. The van der Waals surface area contributed by atoms with Crippen LogP contribution in [-0.2, 0) is 6.54 Å². The van der Waals surface area contributed by atoms with E-state index >= 15 is 0 Å². The molecule has 4 aromatic rings. The van der Waals surface area contributed by atoms with Gasteiger partial charge in [-0.15, -0.1) is 0 Å². The van der Waals surface area contributed by atoms with E-state index in [0.29, 0.717) is 23.4 Å². The molecule has 0 aliphatic rings. The van der Waals surface area contributed by atoms with Gasteiger partial charge in [-0.25, -0.2) is 9.18 Å². The van der Waals surface area contributed by atoms with Crippen molar-refractivity contribution in [2.75, 3.05) is 5.32 Å². The number of hydrogen-bond donors (Lipinski definition) is 1. The van der Waals surface area contributed by atoms with Crippen molar-refractivity contribution in [2.45, 2.75) is 13.5 Å². The number of rotatable bonds is 3. The van der Waals surface area contributed by atoms with Crippen molar-refractivity contribution >= 4 is 27.4 Å². The van der Waals surface area contributed by atoms with Gasteiger partial charge in [-0.1, -0.05) is 36.4 Å². The van der Waals surface area contributed by atoms with Crippen LogP contribution in [0.1, 0.15) is 11.1 Å². The Kier molecular flexibility index (Phi) is 3.73. The fraction of sp³-hybridized carbons (Fsp3) is 0.0952. The molecule has 0 aliphatic heterocycles. The molecule has 0 saturated carbocycles. The number of benzene rings is 3. The average Bonchev–Trinajstić information content (AvgIpc) is 2.62. The lowest BCUT2D eigenvalue weighted by molar-refractivity contribution is 0.559. The number of hydrogen-bond acceptors (Lipinski definition) is 3. The first-order chi connectivity index (χ1) is 12.1. The third-order valence-corrected chi connectivity index (χ3v) is 4.37. The Morgan fingerprint density at radius 2 is 1.88 bits per heavy atom. The van der Waals surface area contributed by atoms with Gasteiger partial charge in [0.2, 0.25) is 0 Å². The van der Waals surface area contributed by atoms with E-state index in [0.717, 1.165) is 21.7 Å². The molecule has 1 aromatic heterocycles. The minimum Gasteiger partial charge on any atom is -0.423 e. The predicted octanol–water partition coefficient (Wildman–Crippen LogP) is 5.01. The molecule has 4 rings (SSSR count). The predicted molar refractivity (Wildman–Crippen MR) is 98.5 cm³/mol. The highest BCUT2D eigenvalue weighted by Gasteiger charge is 2.10. The van der Waals surface area contributed by atoms with Gasteiger partial charge < -0.3 is 9.73 Å². The summed E-state index contributed by atoms with van der Waals surface area (Å²) in [6.07, 6.45) is 0. The van der Waals surface area contributed by atoms with Gasteiger partial charge in [0.1, 0.15) is 11.4 Å². The average molecular weight is 333 g/mol. The zero-order chi connectivity index (χ0) is 17.4. The Labute approximate surface area is 143 Å². The SMILES string of the molecule is Cc1ccc(NCc2cc(=O)oc3ccc4ccccc4c23)cc1F. The Morgan fingerprint density at radius 3 is 2.72 bits per heavy atom. The van der Waals surface area contributed by atoms with Crippen molar-refractivity contribution in [3.8, 4) is 0 Å². The van der Waals surface area contributed by atoms with Crippen LogP contribution in [0, 0.1) is 12.7 Å². The summed E-state index contributed by atoms with van der Waals surface area (Å²) in [5.41, 5.74) is 2.25. The Bertz CT molecular complexity index is 1150. The molecule has 0 spiro atoms. The van der Waals surface area contributed by atoms with Gasteiger partial charge in [0, 0.05) is 23.7 Å². The molecule has 3 nitrogen and oxygen atoms in total. The van der Waals surface area contributed by atoms with Crippen LogP contribution in [0.5, 0.6) is 0 Å². The topological polar surface area (TPSA) is 42.2 Å². The second kappa shape index (κ2) is 6.06. The fourth-order valence-corrected chi connectivity index (χ4v) is 3.06. The molecule has 0 aliphatic carbocycles. The molecule has 0 saturated heterocycles. The third-order valence-electron chi connectivity index (χ3n) is 4.37. The van der Waals surface area contributed by atoms with E-state index in [1.807, 2.05) is 42.5 Å². The van der Waals surface area contributed by atoms with Crippen molar-refractivity contribution in [3.63, 3.8) is 0 Å². The largest absolute Gasteiger partial charge is 0.423 e. The minimum atomic E-state index is -0.394. The lowest BCUT2D eigenvalue weighted by Gasteiger charge is -2.11. The van der Waals surface area contributed by atoms with Crippen LogP contribution >= 0.6 is 0 Å². The summed E-state index contributed by atoms with van der Waals surface area (Å²) in [4.78, 5) is 11.9. The number of aryl methyl sites for hydroxylation is 1. The van der Waals surface area contributed by atoms with Crippen LogP contribution in [0.15, 0.2) is 69.9 Å². The van der Waals surface area contributed by atoms with Crippen molar-refractivity contribution in [2.24, 2.45) is 0 Å². The lowest BCUT2D eigenvalue weighted by atomic mass is 10.0. The van der Waals surface area contributed by atoms with Gasteiger partial charge in [0.05, 0.1) is 0 Å². The highest BCUT2D eigenvalue weighted by molar-refractivity contribution is 6.07. The smallest absolute Gasteiger partial charge is 0.336 e. The highest BCUT2D eigenvalue weighted by atomic mass is 19.1. The van der Waals surface area contributed by atoms with Crippen LogP contribution in [-0.4, -0.2) is 0 Å². The normalized spacial score (nSPS) is 11.1. The summed E-state index contributed by atoms with van der Waals surface area (Å²) in [6.45, 7) is 2.12. The summed E-state index contributed by atoms with van der Waals surface area (Å²) in [7, 11) is 0. The van der Waals surface area contributed by atoms with Gasteiger partial charge in [-0.3, -0.25) is 0 Å². The monoisotopic (exact) mass is 333 g/mol. The van der Waals surface area contributed by atoms with Gasteiger partial charge >= 0.3 is 5.63 Å². The minimum absolute atomic E-state index is 0.257. The maximum atomic E-state index is 13.7. The van der Waals surface area contributed by atoms with Crippen molar-refractivity contribution in [1.82, 2.24) is 0 Å². The summed E-state index contributed by atoms with van der Waals surface area (Å²) in [5.74, 6) is -0.257. The molecule has 3 aromatic carbocycles. The first kappa shape index (κ1) is 15.4. The van der Waals surface area contributed by atoms with E-state index in [9.17, 15) is 9.18 Å². The van der Waals surface area contributed by atoms with Gasteiger partial charge in [0.25, 0.3) is 0 Å². The van der Waals surface area contributed by atoms with Crippen LogP contribution in [0.2, 0.25) is 0 Å². The van der Waals surface area contributed by atoms with E-state index < -0.39 is 5.63 Å². The van der Waals surface area contributed by atoms with Crippen molar-refractivity contribution in [1.29, 1.82) is 0 Å². The summed E-state index contributed by atoms with van der Waals surface area (Å²) in [6, 6.07) is 18.2. The molecule has 4 heteroatoms. The standard InChI is InChI=1S/C21H16FNO2/c1-13-6-8-16(11-18(13)22)23-12-15-10-20(24)25-19-9-7-14-4-2-3-5-17(14)21(15)19/h2-11,23H,12H2,1H3. The van der Waals surface area contributed by atoms with Gasteiger partial charge in [-0.05, 0) is 47.0 Å². The van der Waals surface area contributed by atoms with E-state index in [1.54, 1.807) is 13.0 Å². The maximum absolute atomic E-state index is 13.7. The molecule has 0 atom stereocenters. The molecule has 0 radical (unpaired) electrons. The number of fused-ring (bicyclic) bond motifs is 3. The number of anilines is 1. The Hall–Kier alpha value is -3.14. The van der Waals surface area contributed by atoms with E-state index in [-0.39, 0.29) is 5.82 Å². The quantitative estimate of drug-likeness (QED) is 0.423. The second-order valence-electron chi connectivity index (χ2n) is 6.07. The van der Waals surface area contributed by atoms with Gasteiger partial charge in [0.15, 0.2) is 0 Å². The summed E-state index contributed by atoms with van der Waals surface area (Å²) < 4.78 is 19.1. The van der Waals surface area contributed by atoms with Crippen molar-refractivity contribution < 1.29 is 8.81 Å². The van der Waals surface area contributed by atoms with Crippen LogP contribution < -0.4 is 10.9 Å². The van der Waals surface area contributed by atoms with Crippen molar-refractivity contribution in [3.05, 3.63) is 88.0 Å². The lowest BCUT2D eigenvalue weighted by Crippen LogP contribution is -2.06. The molecule has 0 unspecified atom stereocenters. The van der Waals surface area contributed by atoms with Gasteiger partial charge in [-0.2, -0.15) is 0 Å². The van der Waals surface area contributed by atoms with Crippen LogP contribution in [0.3, 0.4) is 0 Å². The molecule has 1 heterocycles. The molecule has 0 fully saturated rings. The second-order valence-corrected chi connectivity index (χ2v) is 6.07. The zero-order valence-electron chi connectivity index (χ0n) is 13.7. The zero-order valence-corrected chi connectivity index (χ0v) is 13.7.